The molecule has 0 aromatic carbocycles. The molecular formula is C11H19N5O3. The van der Waals surface area contributed by atoms with E-state index in [0.717, 1.165) is 6.42 Å². The number of nitrogen functional groups attached to an aromatic ring is 1. The van der Waals surface area contributed by atoms with Crippen LogP contribution in [-0.2, 0) is 0 Å². The Labute approximate surface area is 111 Å². The summed E-state index contributed by atoms with van der Waals surface area (Å²) in [6.45, 7) is 3.90. The highest BCUT2D eigenvalue weighted by atomic mass is 16.6. The normalized spacial score (nSPS) is 13.7. The van der Waals surface area contributed by atoms with Gasteiger partial charge in [0, 0.05) is 12.1 Å². The Hall–Kier alpha value is -1.93. The van der Waals surface area contributed by atoms with E-state index in [9.17, 15) is 10.1 Å². The minimum absolute atomic E-state index is 0.0221. The topological polar surface area (TPSA) is 126 Å². The van der Waals surface area contributed by atoms with Crippen molar-refractivity contribution in [3.8, 4) is 0 Å². The van der Waals surface area contributed by atoms with E-state index in [1.807, 2.05) is 13.8 Å². The number of hydrazine groups is 1. The molecule has 0 fully saturated rings. The van der Waals surface area contributed by atoms with Gasteiger partial charge in [0.15, 0.2) is 0 Å². The van der Waals surface area contributed by atoms with Crippen LogP contribution >= 0.6 is 0 Å². The molecule has 1 heterocycles. The van der Waals surface area contributed by atoms with Crippen molar-refractivity contribution < 1.29 is 10.0 Å². The van der Waals surface area contributed by atoms with E-state index in [0.29, 0.717) is 12.2 Å². The van der Waals surface area contributed by atoms with Gasteiger partial charge in [-0.3, -0.25) is 10.1 Å². The van der Waals surface area contributed by atoms with Gasteiger partial charge in [-0.1, -0.05) is 6.92 Å². The number of nitro groups is 1. The van der Waals surface area contributed by atoms with Gasteiger partial charge in [-0.15, -0.1) is 0 Å². The summed E-state index contributed by atoms with van der Waals surface area (Å²) in [6.07, 6.45) is 1.25. The van der Waals surface area contributed by atoms with Gasteiger partial charge in [0.1, 0.15) is 11.6 Å². The molecular weight excluding hydrogens is 250 g/mol. The lowest BCUT2D eigenvalue weighted by atomic mass is 9.95. The minimum Gasteiger partial charge on any atom is -0.396 e. The summed E-state index contributed by atoms with van der Waals surface area (Å²) >= 11 is 0. The van der Waals surface area contributed by atoms with Crippen molar-refractivity contribution in [1.29, 1.82) is 0 Å². The van der Waals surface area contributed by atoms with Crippen molar-refractivity contribution in [1.82, 2.24) is 4.98 Å². The van der Waals surface area contributed by atoms with Gasteiger partial charge < -0.3 is 15.8 Å². The Bertz CT molecular complexity index is 454. The highest BCUT2D eigenvalue weighted by molar-refractivity contribution is 5.55. The summed E-state index contributed by atoms with van der Waals surface area (Å²) in [5.41, 5.74) is 1.80. The quantitative estimate of drug-likeness (QED) is 0.333. The summed E-state index contributed by atoms with van der Waals surface area (Å²) in [6, 6.07) is 2.59. The average molecular weight is 269 g/mol. The van der Waals surface area contributed by atoms with Gasteiger partial charge in [-0.25, -0.2) is 10.8 Å². The molecule has 0 aliphatic rings. The minimum atomic E-state index is -0.511. The predicted molar refractivity (Wildman–Crippen MR) is 72.7 cm³/mol. The monoisotopic (exact) mass is 269 g/mol. The van der Waals surface area contributed by atoms with Gasteiger partial charge in [0.2, 0.25) is 0 Å². The van der Waals surface area contributed by atoms with Gasteiger partial charge in [0.05, 0.1) is 17.1 Å². The second-order valence-electron chi connectivity index (χ2n) is 4.51. The van der Waals surface area contributed by atoms with Crippen molar-refractivity contribution in [2.24, 2.45) is 5.84 Å². The Morgan fingerprint density at radius 2 is 2.16 bits per heavy atom. The first-order chi connectivity index (χ1) is 8.94. The third-order valence-electron chi connectivity index (χ3n) is 3.04. The fraction of sp³-hybridized carbons (Fsp3) is 0.545. The zero-order chi connectivity index (χ0) is 14.5. The maximum absolute atomic E-state index is 10.8. The van der Waals surface area contributed by atoms with Crippen LogP contribution in [0, 0.1) is 10.1 Å². The van der Waals surface area contributed by atoms with Crippen molar-refractivity contribution in [3.63, 3.8) is 0 Å². The van der Waals surface area contributed by atoms with Crippen molar-refractivity contribution >= 4 is 17.3 Å². The fourth-order valence-corrected chi connectivity index (χ4v) is 1.64. The van der Waals surface area contributed by atoms with E-state index in [-0.39, 0.29) is 23.7 Å². The van der Waals surface area contributed by atoms with Crippen LogP contribution in [0.25, 0.3) is 0 Å². The van der Waals surface area contributed by atoms with Crippen LogP contribution in [-0.4, -0.2) is 27.2 Å². The molecule has 0 bridgehead atoms. The summed E-state index contributed by atoms with van der Waals surface area (Å²) in [5.74, 6) is 5.79. The van der Waals surface area contributed by atoms with Crippen LogP contribution in [0.3, 0.4) is 0 Å². The Morgan fingerprint density at radius 3 is 2.63 bits per heavy atom. The molecule has 8 nitrogen and oxygen atoms in total. The predicted octanol–water partition coefficient (Wildman–Crippen LogP) is 1.24. The van der Waals surface area contributed by atoms with E-state index < -0.39 is 4.92 Å². The highest BCUT2D eigenvalue weighted by Crippen LogP contribution is 2.25. The third-order valence-corrected chi connectivity index (χ3v) is 3.04. The molecule has 1 aromatic rings. The number of rotatable bonds is 7. The molecule has 0 aliphatic heterocycles. The molecule has 0 saturated carbocycles. The molecule has 0 amide bonds. The number of nitrogens with zero attached hydrogens (tertiary/aromatic N) is 2. The van der Waals surface area contributed by atoms with E-state index in [4.69, 9.17) is 10.9 Å². The Kier molecular flexibility index (Phi) is 5.02. The molecule has 5 N–H and O–H groups in total. The molecule has 1 atom stereocenters. The SMILES string of the molecule is CCC(C)(CCO)Nc1cc([N+](=O)[O-])cc(NN)n1. The lowest BCUT2D eigenvalue weighted by Crippen LogP contribution is -2.35. The highest BCUT2D eigenvalue weighted by Gasteiger charge is 2.23. The Balaban J connectivity index is 3.05. The van der Waals surface area contributed by atoms with E-state index in [1.54, 1.807) is 0 Å². The number of aliphatic hydroxyl groups excluding tert-OH is 1. The molecule has 1 rings (SSSR count). The van der Waals surface area contributed by atoms with Gasteiger partial charge in [0.25, 0.3) is 5.69 Å². The van der Waals surface area contributed by atoms with Crippen molar-refractivity contribution in [2.45, 2.75) is 32.2 Å². The maximum Gasteiger partial charge on any atom is 0.276 e. The first kappa shape index (κ1) is 15.1. The van der Waals surface area contributed by atoms with Crippen LogP contribution in [0.2, 0.25) is 0 Å². The second-order valence-corrected chi connectivity index (χ2v) is 4.51. The van der Waals surface area contributed by atoms with E-state index in [1.165, 1.54) is 12.1 Å². The van der Waals surface area contributed by atoms with E-state index in [2.05, 4.69) is 15.7 Å². The molecule has 1 aromatic heterocycles. The second kappa shape index (κ2) is 6.30. The smallest absolute Gasteiger partial charge is 0.276 e. The maximum atomic E-state index is 10.8. The van der Waals surface area contributed by atoms with Crippen LogP contribution < -0.4 is 16.6 Å². The summed E-state index contributed by atoms with van der Waals surface area (Å²) in [7, 11) is 0. The molecule has 19 heavy (non-hydrogen) atoms. The molecule has 106 valence electrons. The van der Waals surface area contributed by atoms with Gasteiger partial charge in [-0.05, 0) is 19.8 Å². The summed E-state index contributed by atoms with van der Waals surface area (Å²) in [5, 5.41) is 23.0. The van der Waals surface area contributed by atoms with E-state index >= 15 is 0 Å². The third kappa shape index (κ3) is 4.04. The molecule has 0 radical (unpaired) electrons. The molecule has 8 heteroatoms. The number of hydrogen-bond acceptors (Lipinski definition) is 7. The zero-order valence-electron chi connectivity index (χ0n) is 11.0. The van der Waals surface area contributed by atoms with Crippen molar-refractivity contribution in [3.05, 3.63) is 22.2 Å². The molecule has 1 unspecified atom stereocenters. The summed E-state index contributed by atoms with van der Waals surface area (Å²) < 4.78 is 0. The number of nitrogens with two attached hydrogens (primary N) is 1. The average Bonchev–Trinajstić information content (AvgIpc) is 2.38. The summed E-state index contributed by atoms with van der Waals surface area (Å²) in [4.78, 5) is 14.4. The number of hydrogen-bond donors (Lipinski definition) is 4. The van der Waals surface area contributed by atoms with Gasteiger partial charge in [-0.2, -0.15) is 0 Å². The Morgan fingerprint density at radius 1 is 1.53 bits per heavy atom. The first-order valence-electron chi connectivity index (χ1n) is 5.96. The van der Waals surface area contributed by atoms with Crippen LogP contribution in [0.1, 0.15) is 26.7 Å². The lowest BCUT2D eigenvalue weighted by molar-refractivity contribution is -0.384. The number of anilines is 2. The first-order valence-corrected chi connectivity index (χ1v) is 5.96. The van der Waals surface area contributed by atoms with Crippen LogP contribution in [0.15, 0.2) is 12.1 Å². The fourth-order valence-electron chi connectivity index (χ4n) is 1.64. The standard InChI is InChI=1S/C11H19N5O3/c1-3-11(2,4-5-17)14-9-6-8(16(18)19)7-10(13-9)15-12/h6-7,17H,3-5,12H2,1-2H3,(H2,13,14,15). The molecule has 0 saturated heterocycles. The molecule has 0 aliphatic carbocycles. The molecule has 0 spiro atoms. The largest absolute Gasteiger partial charge is 0.396 e. The number of aliphatic hydroxyl groups is 1. The van der Waals surface area contributed by atoms with Crippen molar-refractivity contribution in [2.75, 3.05) is 17.3 Å². The van der Waals surface area contributed by atoms with Crippen LogP contribution in [0.5, 0.6) is 0 Å². The lowest BCUT2D eigenvalue weighted by Gasteiger charge is -2.29. The number of pyridine rings is 1. The number of nitrogens with one attached hydrogen (secondary N) is 2. The van der Waals surface area contributed by atoms with Gasteiger partial charge >= 0.3 is 0 Å². The zero-order valence-corrected chi connectivity index (χ0v) is 11.0. The number of aromatic nitrogens is 1. The van der Waals surface area contributed by atoms with Crippen LogP contribution in [0.4, 0.5) is 17.3 Å².